The van der Waals surface area contributed by atoms with E-state index in [0.717, 1.165) is 23.2 Å². The Balaban J connectivity index is 0.00000306. The molecule has 2 aromatic carbocycles. The quantitative estimate of drug-likeness (QED) is 0.359. The van der Waals surface area contributed by atoms with Crippen LogP contribution in [-0.4, -0.2) is 25.5 Å². The molecule has 0 radical (unpaired) electrons. The van der Waals surface area contributed by atoms with Crippen molar-refractivity contribution in [1.82, 2.24) is 19.6 Å². The zero-order chi connectivity index (χ0) is 22.7. The van der Waals surface area contributed by atoms with Crippen LogP contribution in [-0.2, 0) is 19.5 Å². The van der Waals surface area contributed by atoms with E-state index in [0.29, 0.717) is 23.6 Å². The van der Waals surface area contributed by atoms with Crippen molar-refractivity contribution in [3.8, 4) is 11.3 Å². The number of anilines is 1. The largest absolute Gasteiger partial charge is 1.00 e. The third kappa shape index (κ3) is 5.80. The van der Waals surface area contributed by atoms with Gasteiger partial charge in [-0.15, -0.1) is 0 Å². The molecule has 2 heterocycles. The smallest absolute Gasteiger partial charge is 0.545 e. The van der Waals surface area contributed by atoms with Crippen LogP contribution in [0.2, 0.25) is 0 Å². The Morgan fingerprint density at radius 1 is 0.970 bits per heavy atom. The van der Waals surface area contributed by atoms with E-state index >= 15 is 0 Å². The maximum absolute atomic E-state index is 12.3. The van der Waals surface area contributed by atoms with E-state index in [2.05, 4.69) is 10.2 Å². The summed E-state index contributed by atoms with van der Waals surface area (Å²) in [7, 11) is 0. The van der Waals surface area contributed by atoms with Crippen molar-refractivity contribution in [2.24, 2.45) is 0 Å². The SMILES string of the molecule is Cc1cc(N)n(CCc2cccc(-c3ccc(=O)n(Cc4cccc(C(=O)[O-])c4)n3)c2)n1.[Li+]. The summed E-state index contributed by atoms with van der Waals surface area (Å²) >= 11 is 0. The normalized spacial score (nSPS) is 10.6. The van der Waals surface area contributed by atoms with Gasteiger partial charge in [-0.2, -0.15) is 10.2 Å². The number of carboxylic acid groups (broad SMARTS) is 1. The van der Waals surface area contributed by atoms with Crippen molar-refractivity contribution in [3.05, 3.63) is 99.5 Å². The molecule has 0 saturated heterocycles. The molecule has 162 valence electrons. The van der Waals surface area contributed by atoms with Gasteiger partial charge < -0.3 is 15.6 Å². The number of benzene rings is 2. The molecule has 0 saturated carbocycles. The van der Waals surface area contributed by atoms with Crippen LogP contribution >= 0.6 is 0 Å². The standard InChI is InChI=1S/C24H23N5O3.Li/c1-16-12-22(25)28(26-16)11-10-17-4-2-6-19(13-17)21-8-9-23(30)29(27-21)15-18-5-3-7-20(14-18)24(31)32;/h2-9,12-14H,10-11,15,25H2,1H3,(H,31,32);/q;+1/p-1. The molecule has 0 amide bonds. The summed E-state index contributed by atoms with van der Waals surface area (Å²) < 4.78 is 3.10. The fourth-order valence-corrected chi connectivity index (χ4v) is 3.55. The second-order valence-electron chi connectivity index (χ2n) is 7.59. The molecule has 0 aliphatic carbocycles. The molecule has 9 heteroatoms. The van der Waals surface area contributed by atoms with Gasteiger partial charge >= 0.3 is 18.9 Å². The summed E-state index contributed by atoms with van der Waals surface area (Å²) in [6.07, 6.45) is 0.745. The topological polar surface area (TPSA) is 119 Å². The van der Waals surface area contributed by atoms with Crippen LogP contribution in [0.3, 0.4) is 0 Å². The molecule has 0 atom stereocenters. The number of aryl methyl sites for hydroxylation is 3. The number of nitrogens with two attached hydrogens (primary N) is 1. The Kier molecular flexibility index (Phi) is 7.54. The molecule has 0 bridgehead atoms. The number of carbonyl (C=O) groups excluding carboxylic acids is 1. The summed E-state index contributed by atoms with van der Waals surface area (Å²) in [5.41, 5.74) is 9.92. The summed E-state index contributed by atoms with van der Waals surface area (Å²) in [6.45, 7) is 2.72. The monoisotopic (exact) mass is 435 g/mol. The molecule has 2 aromatic heterocycles. The minimum Gasteiger partial charge on any atom is -0.545 e. The van der Waals surface area contributed by atoms with Crippen molar-refractivity contribution in [2.45, 2.75) is 26.4 Å². The Morgan fingerprint density at radius 2 is 1.73 bits per heavy atom. The van der Waals surface area contributed by atoms with Crippen LogP contribution in [0.4, 0.5) is 5.82 Å². The summed E-state index contributed by atoms with van der Waals surface area (Å²) in [4.78, 5) is 23.4. The number of hydrogen-bond acceptors (Lipinski definition) is 6. The second-order valence-corrected chi connectivity index (χ2v) is 7.59. The molecular weight excluding hydrogens is 413 g/mol. The third-order valence-corrected chi connectivity index (χ3v) is 5.13. The molecule has 0 aliphatic rings. The minimum atomic E-state index is -1.26. The molecule has 0 fully saturated rings. The zero-order valence-corrected chi connectivity index (χ0v) is 18.6. The summed E-state index contributed by atoms with van der Waals surface area (Å²) in [5.74, 6) is -0.625. The van der Waals surface area contributed by atoms with Gasteiger partial charge in [0.25, 0.3) is 5.56 Å². The zero-order valence-electron chi connectivity index (χ0n) is 18.6. The van der Waals surface area contributed by atoms with Gasteiger partial charge in [-0.3, -0.25) is 4.79 Å². The maximum atomic E-state index is 12.3. The summed E-state index contributed by atoms with van der Waals surface area (Å²) in [6, 6.07) is 19.2. The van der Waals surface area contributed by atoms with Crippen LogP contribution < -0.4 is 35.3 Å². The molecular formula is C24H22LiN5O3. The van der Waals surface area contributed by atoms with Gasteiger partial charge in [0, 0.05) is 24.2 Å². The maximum Gasteiger partial charge on any atom is 1.00 e. The first-order valence-electron chi connectivity index (χ1n) is 10.2. The van der Waals surface area contributed by atoms with Gasteiger partial charge in [0.2, 0.25) is 0 Å². The molecule has 33 heavy (non-hydrogen) atoms. The fraction of sp³-hybridized carbons (Fsp3) is 0.167. The number of aromatic nitrogens is 4. The van der Waals surface area contributed by atoms with Crippen LogP contribution in [0, 0.1) is 6.92 Å². The number of nitrogen functional groups attached to an aromatic ring is 1. The number of nitrogens with zero attached hydrogens (tertiary/aromatic N) is 4. The van der Waals surface area contributed by atoms with Gasteiger partial charge in [0.05, 0.1) is 23.9 Å². The van der Waals surface area contributed by atoms with Gasteiger partial charge in [-0.25, -0.2) is 9.36 Å². The van der Waals surface area contributed by atoms with Gasteiger partial charge in [-0.1, -0.05) is 36.4 Å². The van der Waals surface area contributed by atoms with Gasteiger partial charge in [0.1, 0.15) is 5.82 Å². The Hall–Kier alpha value is -3.60. The molecule has 8 nitrogen and oxygen atoms in total. The number of carbonyl (C=O) groups is 1. The molecule has 0 spiro atoms. The van der Waals surface area contributed by atoms with E-state index in [9.17, 15) is 14.7 Å². The van der Waals surface area contributed by atoms with Crippen LogP contribution in [0.5, 0.6) is 0 Å². The van der Waals surface area contributed by atoms with Gasteiger partial charge in [-0.05, 0) is 48.2 Å². The Bertz CT molecular complexity index is 1350. The Morgan fingerprint density at radius 3 is 2.45 bits per heavy atom. The van der Waals surface area contributed by atoms with Crippen LogP contribution in [0.25, 0.3) is 11.3 Å². The fourth-order valence-electron chi connectivity index (χ4n) is 3.55. The van der Waals surface area contributed by atoms with E-state index in [1.807, 2.05) is 37.3 Å². The van der Waals surface area contributed by atoms with Crippen molar-refractivity contribution >= 4 is 11.8 Å². The third-order valence-electron chi connectivity index (χ3n) is 5.13. The molecule has 0 unspecified atom stereocenters. The average molecular weight is 435 g/mol. The molecule has 2 N–H and O–H groups in total. The van der Waals surface area contributed by atoms with Gasteiger partial charge in [0.15, 0.2) is 0 Å². The summed E-state index contributed by atoms with van der Waals surface area (Å²) in [5, 5.41) is 20.0. The first-order chi connectivity index (χ1) is 15.4. The van der Waals surface area contributed by atoms with Crippen molar-refractivity contribution in [3.63, 3.8) is 0 Å². The first kappa shape index (κ1) is 24.0. The number of aromatic carboxylic acids is 1. The molecule has 0 aliphatic heterocycles. The van der Waals surface area contributed by atoms with E-state index in [-0.39, 0.29) is 36.5 Å². The Labute approximate surface area is 202 Å². The van der Waals surface area contributed by atoms with Crippen molar-refractivity contribution in [2.75, 3.05) is 5.73 Å². The number of hydrogen-bond donors (Lipinski definition) is 1. The van der Waals surface area contributed by atoms with E-state index in [1.165, 1.54) is 22.9 Å². The molecule has 4 rings (SSSR count). The molecule has 4 aromatic rings. The first-order valence-corrected chi connectivity index (χ1v) is 10.2. The van der Waals surface area contributed by atoms with E-state index in [1.54, 1.807) is 22.9 Å². The van der Waals surface area contributed by atoms with Crippen molar-refractivity contribution in [1.29, 1.82) is 0 Å². The van der Waals surface area contributed by atoms with Crippen molar-refractivity contribution < 1.29 is 28.8 Å². The van der Waals surface area contributed by atoms with E-state index in [4.69, 9.17) is 5.73 Å². The van der Waals surface area contributed by atoms with Crippen LogP contribution in [0.15, 0.2) is 71.5 Å². The predicted molar refractivity (Wildman–Crippen MR) is 119 cm³/mol. The average Bonchev–Trinajstić information content (AvgIpc) is 3.11. The second kappa shape index (κ2) is 10.3. The predicted octanol–water partition coefficient (Wildman–Crippen LogP) is -1.34. The minimum absolute atomic E-state index is 0. The van der Waals surface area contributed by atoms with E-state index < -0.39 is 5.97 Å². The number of rotatable bonds is 7. The van der Waals surface area contributed by atoms with Crippen LogP contribution in [0.1, 0.15) is 27.2 Å². The number of carboxylic acids is 1.